The molecule has 2 aliphatic rings. The summed E-state index contributed by atoms with van der Waals surface area (Å²) in [6, 6.07) is 5.00. The maximum atomic E-state index is 12.8. The number of carbonyl (C=O) groups excluding carboxylic acids is 2. The average Bonchev–Trinajstić information content (AvgIpc) is 3.08. The molecular formula is C22H33N3O5S. The monoisotopic (exact) mass is 451 g/mol. The molecule has 0 spiro atoms. The van der Waals surface area contributed by atoms with Crippen LogP contribution in [-0.2, 0) is 30.8 Å². The molecule has 1 aromatic carbocycles. The normalized spacial score (nSPS) is 23.5. The van der Waals surface area contributed by atoms with Crippen LogP contribution in [0.5, 0.6) is 0 Å². The van der Waals surface area contributed by atoms with E-state index in [0.717, 1.165) is 36.9 Å². The molecule has 1 saturated carbocycles. The van der Waals surface area contributed by atoms with E-state index < -0.39 is 10.0 Å². The van der Waals surface area contributed by atoms with Gasteiger partial charge in [0.25, 0.3) is 0 Å². The molecule has 1 heterocycles. The van der Waals surface area contributed by atoms with Crippen LogP contribution in [0, 0.1) is 11.8 Å². The number of nitrogens with zero attached hydrogens (tertiary/aromatic N) is 1. The molecule has 8 nitrogen and oxygen atoms in total. The van der Waals surface area contributed by atoms with Crippen LogP contribution >= 0.6 is 0 Å². The molecule has 2 N–H and O–H groups in total. The number of benzene rings is 1. The van der Waals surface area contributed by atoms with E-state index in [9.17, 15) is 18.0 Å². The van der Waals surface area contributed by atoms with Crippen molar-refractivity contribution in [1.82, 2.24) is 10.0 Å². The summed E-state index contributed by atoms with van der Waals surface area (Å²) in [5, 5.41) is 2.88. The Hall–Kier alpha value is -1.97. The highest BCUT2D eigenvalue weighted by molar-refractivity contribution is 7.89. The van der Waals surface area contributed by atoms with E-state index in [0.29, 0.717) is 26.1 Å². The van der Waals surface area contributed by atoms with Crippen LogP contribution in [0.25, 0.3) is 0 Å². The molecule has 1 aromatic rings. The SMILES string of the molecule is COCCNC(=O)C1CCC(CNS(=O)(=O)c2ccc3c(c2)C[C@@H](C)N3C(C)=O)CC1. The van der Waals surface area contributed by atoms with E-state index in [1.807, 2.05) is 6.92 Å². The van der Waals surface area contributed by atoms with Gasteiger partial charge in [-0.05, 0) is 68.7 Å². The highest BCUT2D eigenvalue weighted by Gasteiger charge is 2.31. The molecule has 0 saturated heterocycles. The Bertz CT molecular complexity index is 910. The van der Waals surface area contributed by atoms with Crippen molar-refractivity contribution < 1.29 is 22.7 Å². The number of anilines is 1. The fourth-order valence-corrected chi connectivity index (χ4v) is 5.78. The Morgan fingerprint density at radius 3 is 2.55 bits per heavy atom. The third kappa shape index (κ3) is 5.64. The molecule has 9 heteroatoms. The summed E-state index contributed by atoms with van der Waals surface area (Å²) in [4.78, 5) is 26.0. The fraction of sp³-hybridized carbons (Fsp3) is 0.636. The molecule has 0 unspecified atom stereocenters. The van der Waals surface area contributed by atoms with Crippen molar-refractivity contribution >= 4 is 27.5 Å². The predicted octanol–water partition coefficient (Wildman–Crippen LogP) is 1.83. The number of fused-ring (bicyclic) bond motifs is 1. The third-order valence-electron chi connectivity index (χ3n) is 6.30. The van der Waals surface area contributed by atoms with Crippen LogP contribution in [0.15, 0.2) is 23.1 Å². The second-order valence-electron chi connectivity index (χ2n) is 8.59. The van der Waals surface area contributed by atoms with Crippen molar-refractivity contribution in [2.24, 2.45) is 11.8 Å². The molecule has 2 amide bonds. The van der Waals surface area contributed by atoms with Crippen molar-refractivity contribution in [2.75, 3.05) is 31.7 Å². The molecule has 1 aliphatic heterocycles. The van der Waals surface area contributed by atoms with Gasteiger partial charge in [-0.3, -0.25) is 9.59 Å². The zero-order valence-electron chi connectivity index (χ0n) is 18.5. The number of sulfonamides is 1. The fourth-order valence-electron chi connectivity index (χ4n) is 4.61. The Labute approximate surface area is 184 Å². The second-order valence-corrected chi connectivity index (χ2v) is 10.4. The van der Waals surface area contributed by atoms with Crippen molar-refractivity contribution in [3.05, 3.63) is 23.8 Å². The molecule has 0 aromatic heterocycles. The van der Waals surface area contributed by atoms with Gasteiger partial charge in [-0.1, -0.05) is 0 Å². The molecular weight excluding hydrogens is 418 g/mol. The zero-order valence-corrected chi connectivity index (χ0v) is 19.3. The molecule has 1 atom stereocenters. The smallest absolute Gasteiger partial charge is 0.240 e. The number of carbonyl (C=O) groups is 2. The summed E-state index contributed by atoms with van der Waals surface area (Å²) in [6.45, 7) is 4.86. The summed E-state index contributed by atoms with van der Waals surface area (Å²) in [7, 11) is -2.03. The van der Waals surface area contributed by atoms with Gasteiger partial charge in [-0.15, -0.1) is 0 Å². The van der Waals surface area contributed by atoms with Gasteiger partial charge in [0, 0.05) is 44.8 Å². The van der Waals surface area contributed by atoms with E-state index >= 15 is 0 Å². The summed E-state index contributed by atoms with van der Waals surface area (Å²) in [5.41, 5.74) is 1.67. The first-order valence-electron chi connectivity index (χ1n) is 10.9. The highest BCUT2D eigenvalue weighted by atomic mass is 32.2. The quantitative estimate of drug-likeness (QED) is 0.587. The molecule has 172 valence electrons. The van der Waals surface area contributed by atoms with Crippen molar-refractivity contribution in [3.63, 3.8) is 0 Å². The topological polar surface area (TPSA) is 105 Å². The number of amides is 2. The van der Waals surface area contributed by atoms with E-state index in [2.05, 4.69) is 10.0 Å². The third-order valence-corrected chi connectivity index (χ3v) is 7.72. The average molecular weight is 452 g/mol. The first kappa shape index (κ1) is 23.7. The van der Waals surface area contributed by atoms with Gasteiger partial charge in [0.05, 0.1) is 11.5 Å². The Morgan fingerprint density at radius 1 is 1.19 bits per heavy atom. The molecule has 3 rings (SSSR count). The van der Waals surface area contributed by atoms with Crippen LogP contribution in [0.4, 0.5) is 5.69 Å². The van der Waals surface area contributed by atoms with E-state index in [4.69, 9.17) is 4.74 Å². The number of nitrogens with one attached hydrogen (secondary N) is 2. The summed E-state index contributed by atoms with van der Waals surface area (Å²) < 4.78 is 33.3. The number of ether oxygens (including phenoxy) is 1. The molecule has 1 aliphatic carbocycles. The number of hydrogen-bond acceptors (Lipinski definition) is 5. The molecule has 31 heavy (non-hydrogen) atoms. The summed E-state index contributed by atoms with van der Waals surface area (Å²) in [6.07, 6.45) is 3.82. The van der Waals surface area contributed by atoms with Gasteiger partial charge in [0.1, 0.15) is 0 Å². The zero-order chi connectivity index (χ0) is 22.6. The van der Waals surface area contributed by atoms with Gasteiger partial charge in [-0.25, -0.2) is 13.1 Å². The van der Waals surface area contributed by atoms with Gasteiger partial charge in [0.2, 0.25) is 21.8 Å². The highest BCUT2D eigenvalue weighted by Crippen LogP contribution is 2.34. The molecule has 1 fully saturated rings. The van der Waals surface area contributed by atoms with Crippen LogP contribution in [0.1, 0.15) is 45.1 Å². The Balaban J connectivity index is 1.53. The van der Waals surface area contributed by atoms with Crippen LogP contribution in [-0.4, -0.2) is 53.1 Å². The molecule has 0 radical (unpaired) electrons. The van der Waals surface area contributed by atoms with E-state index in [-0.39, 0.29) is 34.6 Å². The number of methoxy groups -OCH3 is 1. The summed E-state index contributed by atoms with van der Waals surface area (Å²) in [5.74, 6) is 0.235. The second kappa shape index (κ2) is 10.1. The van der Waals surface area contributed by atoms with E-state index in [1.54, 1.807) is 30.2 Å². The van der Waals surface area contributed by atoms with Crippen molar-refractivity contribution in [2.45, 2.75) is 56.9 Å². The first-order valence-corrected chi connectivity index (χ1v) is 12.4. The summed E-state index contributed by atoms with van der Waals surface area (Å²) >= 11 is 0. The van der Waals surface area contributed by atoms with Gasteiger partial charge >= 0.3 is 0 Å². The van der Waals surface area contributed by atoms with E-state index in [1.165, 1.54) is 6.92 Å². The lowest BCUT2D eigenvalue weighted by Crippen LogP contribution is -2.37. The van der Waals surface area contributed by atoms with Gasteiger partial charge < -0.3 is 15.0 Å². The number of hydrogen-bond donors (Lipinski definition) is 2. The Morgan fingerprint density at radius 2 is 1.90 bits per heavy atom. The minimum atomic E-state index is -3.63. The minimum Gasteiger partial charge on any atom is -0.383 e. The lowest BCUT2D eigenvalue weighted by molar-refractivity contribution is -0.126. The van der Waals surface area contributed by atoms with Crippen molar-refractivity contribution in [1.29, 1.82) is 0 Å². The van der Waals surface area contributed by atoms with Gasteiger partial charge in [-0.2, -0.15) is 0 Å². The Kier molecular flexibility index (Phi) is 7.72. The minimum absolute atomic E-state index is 0.00682. The first-order chi connectivity index (χ1) is 14.7. The van der Waals surface area contributed by atoms with Gasteiger partial charge in [0.15, 0.2) is 0 Å². The van der Waals surface area contributed by atoms with Crippen LogP contribution in [0.2, 0.25) is 0 Å². The lowest BCUT2D eigenvalue weighted by atomic mass is 9.81. The maximum absolute atomic E-state index is 12.8. The van der Waals surface area contributed by atoms with Crippen LogP contribution < -0.4 is 14.9 Å². The predicted molar refractivity (Wildman–Crippen MR) is 118 cm³/mol. The number of rotatable bonds is 8. The molecule has 0 bridgehead atoms. The largest absolute Gasteiger partial charge is 0.383 e. The van der Waals surface area contributed by atoms with Crippen molar-refractivity contribution in [3.8, 4) is 0 Å². The van der Waals surface area contributed by atoms with Crippen LogP contribution in [0.3, 0.4) is 0 Å². The lowest BCUT2D eigenvalue weighted by Gasteiger charge is -2.27. The standard InChI is InChI=1S/C22H33N3O5S/c1-15-12-19-13-20(8-9-21(19)25(15)16(2)26)31(28,29)24-14-17-4-6-18(7-5-17)22(27)23-10-11-30-3/h8-9,13,15,17-18,24H,4-7,10-12,14H2,1-3H3,(H,23,27)/t15-,17?,18?/m1/s1. The maximum Gasteiger partial charge on any atom is 0.240 e.